The van der Waals surface area contributed by atoms with Crippen LogP contribution in [0.2, 0.25) is 0 Å². The average molecular weight is 379 g/mol. The van der Waals surface area contributed by atoms with E-state index in [0.717, 1.165) is 28.2 Å². The Labute approximate surface area is 151 Å². The fourth-order valence-corrected chi connectivity index (χ4v) is 2.22. The number of phenols is 2. The molecule has 2 N–H and O–H groups in total. The molecular weight excluding hydrogens is 364 g/mol. The van der Waals surface area contributed by atoms with Gasteiger partial charge in [0, 0.05) is 11.6 Å². The molecule has 0 spiro atoms. The van der Waals surface area contributed by atoms with E-state index in [4.69, 9.17) is 23.1 Å². The number of aryl methyl sites for hydroxylation is 1. The zero-order valence-electron chi connectivity index (χ0n) is 13.6. The molecule has 0 aliphatic heterocycles. The third-order valence-electron chi connectivity index (χ3n) is 3.27. The van der Waals surface area contributed by atoms with Crippen molar-refractivity contribution in [3.8, 4) is 33.9 Å². The van der Waals surface area contributed by atoms with Crippen LogP contribution in [0.15, 0.2) is 65.1 Å². The minimum atomic E-state index is -4.94. The molecular formula is C18H15ClO7. The van der Waals surface area contributed by atoms with E-state index in [1.165, 1.54) is 0 Å². The smallest absolute Gasteiger partial charge is 0.360 e. The standard InChI is InChI=1S/C18H14O3.ClHO4/c1-12-10-15(13-2-6-16(19)7-3-13)11-18(21-12)14-4-8-17(20)9-5-14;2-1(3,4)5/h2-11H,1H3,(H-,19,20);(H,2,3,4,5). The minimum absolute atomic E-state index is 0.227. The lowest BCUT2D eigenvalue weighted by molar-refractivity contribution is -2.00. The molecule has 0 saturated heterocycles. The summed E-state index contributed by atoms with van der Waals surface area (Å²) in [4.78, 5) is 0. The molecule has 2 aromatic carbocycles. The van der Waals surface area contributed by atoms with E-state index in [1.54, 1.807) is 24.3 Å². The maximum atomic E-state index is 9.37. The Hall–Kier alpha value is -2.68. The maximum Gasteiger partial charge on any atom is 0.360 e. The Morgan fingerprint density at radius 2 is 1.12 bits per heavy atom. The van der Waals surface area contributed by atoms with Crippen molar-refractivity contribution in [3.63, 3.8) is 0 Å². The summed E-state index contributed by atoms with van der Waals surface area (Å²) in [5, 5.41) is 18.7. The Bertz CT molecular complexity index is 786. The highest BCUT2D eigenvalue weighted by Crippen LogP contribution is 2.29. The number of aromatic hydroxyl groups is 2. The lowest BCUT2D eigenvalue weighted by Crippen LogP contribution is -2.68. The number of hydrogen-bond donors (Lipinski definition) is 2. The van der Waals surface area contributed by atoms with E-state index < -0.39 is 10.2 Å². The molecule has 3 rings (SSSR count). The second kappa shape index (κ2) is 8.13. The largest absolute Gasteiger partial charge is 0.508 e. The van der Waals surface area contributed by atoms with Gasteiger partial charge in [-0.1, -0.05) is 12.1 Å². The number of halogens is 1. The molecule has 136 valence electrons. The van der Waals surface area contributed by atoms with Gasteiger partial charge in [0.25, 0.3) is 0 Å². The zero-order chi connectivity index (χ0) is 19.3. The van der Waals surface area contributed by atoms with Crippen LogP contribution in [-0.2, 0) is 0 Å². The van der Waals surface area contributed by atoms with Crippen LogP contribution in [0.5, 0.6) is 11.5 Å². The third-order valence-corrected chi connectivity index (χ3v) is 3.27. The van der Waals surface area contributed by atoms with Crippen molar-refractivity contribution in [3.05, 3.63) is 66.4 Å². The van der Waals surface area contributed by atoms with Crippen molar-refractivity contribution in [1.82, 2.24) is 0 Å². The van der Waals surface area contributed by atoms with Crippen LogP contribution in [0.3, 0.4) is 0 Å². The van der Waals surface area contributed by atoms with Gasteiger partial charge in [0.2, 0.25) is 0 Å². The van der Waals surface area contributed by atoms with E-state index in [2.05, 4.69) is 0 Å². The summed E-state index contributed by atoms with van der Waals surface area (Å²) in [6.07, 6.45) is 0. The number of phenolic OH excluding ortho intramolecular Hbond substituents is 2. The Balaban J connectivity index is 0.000000431. The minimum Gasteiger partial charge on any atom is -0.508 e. The zero-order valence-corrected chi connectivity index (χ0v) is 14.3. The van der Waals surface area contributed by atoms with Crippen LogP contribution in [-0.4, -0.2) is 10.2 Å². The van der Waals surface area contributed by atoms with Crippen molar-refractivity contribution in [2.75, 3.05) is 0 Å². The fourth-order valence-electron chi connectivity index (χ4n) is 2.22. The molecule has 0 unspecified atom stereocenters. The fraction of sp³-hybridized carbons (Fsp3) is 0.0556. The first-order chi connectivity index (χ1) is 12.1. The second-order valence-electron chi connectivity index (χ2n) is 5.29. The predicted octanol–water partition coefficient (Wildman–Crippen LogP) is -0.142. The highest BCUT2D eigenvalue weighted by molar-refractivity contribution is 5.70. The van der Waals surface area contributed by atoms with Crippen molar-refractivity contribution in [1.29, 1.82) is 0 Å². The number of benzene rings is 2. The van der Waals surface area contributed by atoms with Gasteiger partial charge in [0.1, 0.15) is 11.5 Å². The van der Waals surface area contributed by atoms with Crippen LogP contribution in [0, 0.1) is 17.2 Å². The molecule has 7 nitrogen and oxygen atoms in total. The van der Waals surface area contributed by atoms with Gasteiger partial charge in [0.15, 0.2) is 0 Å². The molecule has 26 heavy (non-hydrogen) atoms. The van der Waals surface area contributed by atoms with Crippen LogP contribution >= 0.6 is 0 Å². The quantitative estimate of drug-likeness (QED) is 0.590. The first kappa shape index (κ1) is 19.6. The van der Waals surface area contributed by atoms with E-state index in [0.29, 0.717) is 0 Å². The molecule has 0 aliphatic carbocycles. The topological polar surface area (TPSA) is 144 Å². The molecule has 0 fully saturated rings. The summed E-state index contributed by atoms with van der Waals surface area (Å²) in [7, 11) is -4.94. The van der Waals surface area contributed by atoms with Crippen LogP contribution in [0.4, 0.5) is 0 Å². The molecule has 0 bridgehead atoms. The summed E-state index contributed by atoms with van der Waals surface area (Å²) in [5.74, 6) is 2.00. The predicted molar refractivity (Wildman–Crippen MR) is 82.1 cm³/mol. The normalized spacial score (nSPS) is 10.8. The average Bonchev–Trinajstić information content (AvgIpc) is 2.54. The summed E-state index contributed by atoms with van der Waals surface area (Å²) in [6.45, 7) is 1.90. The van der Waals surface area contributed by atoms with Crippen molar-refractivity contribution < 1.29 is 43.5 Å². The highest BCUT2D eigenvalue weighted by Gasteiger charge is 2.16. The van der Waals surface area contributed by atoms with Gasteiger partial charge < -0.3 is 10.2 Å². The van der Waals surface area contributed by atoms with Gasteiger partial charge in [0.05, 0.1) is 18.6 Å². The van der Waals surface area contributed by atoms with Crippen molar-refractivity contribution in [2.45, 2.75) is 6.92 Å². The lowest BCUT2D eigenvalue weighted by atomic mass is 10.0. The molecule has 1 heterocycles. The van der Waals surface area contributed by atoms with Gasteiger partial charge >= 0.3 is 11.5 Å². The van der Waals surface area contributed by atoms with Crippen LogP contribution in [0.1, 0.15) is 5.76 Å². The first-order valence-electron chi connectivity index (χ1n) is 7.27. The van der Waals surface area contributed by atoms with Gasteiger partial charge in [-0.25, -0.2) is 23.1 Å². The molecule has 0 saturated carbocycles. The first-order valence-corrected chi connectivity index (χ1v) is 8.50. The van der Waals surface area contributed by atoms with Crippen LogP contribution in [0.25, 0.3) is 22.5 Å². The highest BCUT2D eigenvalue weighted by atomic mass is 35.7. The Morgan fingerprint density at radius 1 is 0.692 bits per heavy atom. The van der Waals surface area contributed by atoms with E-state index >= 15 is 0 Å². The molecule has 1 aromatic heterocycles. The van der Waals surface area contributed by atoms with Crippen molar-refractivity contribution in [2.24, 2.45) is 0 Å². The van der Waals surface area contributed by atoms with Gasteiger partial charge in [-0.2, -0.15) is 0 Å². The summed E-state index contributed by atoms with van der Waals surface area (Å²) in [6, 6.07) is 17.9. The number of rotatable bonds is 2. The van der Waals surface area contributed by atoms with Crippen LogP contribution < -0.4 is 18.6 Å². The SMILES string of the molecule is Cc1cc(-c2ccc(O)cc2)cc(-c2ccc(O)cc2)[o+]1.[O-][Cl+3]([O-])([O-])[O-]. The van der Waals surface area contributed by atoms with E-state index in [-0.39, 0.29) is 11.5 Å². The summed E-state index contributed by atoms with van der Waals surface area (Å²) in [5.41, 5.74) is 2.92. The van der Waals surface area contributed by atoms with E-state index in [9.17, 15) is 10.2 Å². The lowest BCUT2D eigenvalue weighted by Gasteiger charge is -2.17. The second-order valence-corrected chi connectivity index (χ2v) is 6.05. The maximum absolute atomic E-state index is 9.37. The Kier molecular flexibility index (Phi) is 6.14. The van der Waals surface area contributed by atoms with Gasteiger partial charge in [-0.3, -0.25) is 0 Å². The monoisotopic (exact) mass is 378 g/mol. The molecule has 0 atom stereocenters. The Morgan fingerprint density at radius 3 is 1.58 bits per heavy atom. The van der Waals surface area contributed by atoms with E-state index in [1.807, 2.05) is 43.3 Å². The summed E-state index contributed by atoms with van der Waals surface area (Å²) < 4.78 is 39.7. The molecule has 0 radical (unpaired) electrons. The van der Waals surface area contributed by atoms with Crippen molar-refractivity contribution >= 4 is 0 Å². The third kappa shape index (κ3) is 6.32. The molecule has 3 aromatic rings. The van der Waals surface area contributed by atoms with Gasteiger partial charge in [-0.15, -0.1) is 10.2 Å². The van der Waals surface area contributed by atoms with Gasteiger partial charge in [-0.05, 0) is 42.0 Å². The molecule has 8 heteroatoms. The number of hydrogen-bond acceptors (Lipinski definition) is 6. The summed E-state index contributed by atoms with van der Waals surface area (Å²) >= 11 is 0. The molecule has 0 amide bonds. The molecule has 0 aliphatic rings.